The van der Waals surface area contributed by atoms with E-state index in [2.05, 4.69) is 0 Å². The normalized spacial score (nSPS) is 11.0. The van der Waals surface area contributed by atoms with Gasteiger partial charge in [-0.3, -0.25) is 0 Å². The Bertz CT molecular complexity index is 717. The minimum atomic E-state index is -1.34. The van der Waals surface area contributed by atoms with E-state index in [9.17, 15) is 9.59 Å². The number of hydrogen-bond acceptors (Lipinski definition) is 4. The molecular weight excluding hydrogens is 284 g/mol. The van der Waals surface area contributed by atoms with Crippen LogP contribution >= 0.6 is 11.6 Å². The van der Waals surface area contributed by atoms with Gasteiger partial charge in [-0.05, 0) is 18.1 Å². The second-order valence-electron chi connectivity index (χ2n) is 4.78. The summed E-state index contributed by atoms with van der Waals surface area (Å²) in [6, 6.07) is 4.25. The van der Waals surface area contributed by atoms with Crippen LogP contribution in [0.4, 0.5) is 0 Å². The molecule has 1 aromatic heterocycles. The van der Waals surface area contributed by atoms with Gasteiger partial charge in [0.15, 0.2) is 0 Å². The van der Waals surface area contributed by atoms with Crippen molar-refractivity contribution in [2.45, 2.75) is 13.8 Å². The second-order valence-corrected chi connectivity index (χ2v) is 5.19. The Labute approximate surface area is 119 Å². The maximum absolute atomic E-state index is 11.5. The molecule has 1 N–H and O–H groups in total. The summed E-state index contributed by atoms with van der Waals surface area (Å²) in [5.74, 6) is -0.612. The molecule has 5 nitrogen and oxygen atoms in total. The van der Waals surface area contributed by atoms with Crippen LogP contribution in [0.5, 0.6) is 5.75 Å². The van der Waals surface area contributed by atoms with Gasteiger partial charge in [0.1, 0.15) is 16.9 Å². The third-order valence-corrected chi connectivity index (χ3v) is 2.88. The third-order valence-electron chi connectivity index (χ3n) is 2.59. The van der Waals surface area contributed by atoms with Crippen LogP contribution in [0, 0.1) is 5.92 Å². The first kappa shape index (κ1) is 14.4. The third kappa shape index (κ3) is 2.93. The number of aromatic carboxylic acids is 1. The molecule has 0 unspecified atom stereocenters. The average molecular weight is 297 g/mol. The molecule has 0 aliphatic rings. The molecule has 1 aromatic carbocycles. The van der Waals surface area contributed by atoms with Crippen molar-refractivity contribution in [2.24, 2.45) is 5.92 Å². The number of carboxylic acids is 1. The van der Waals surface area contributed by atoms with Gasteiger partial charge in [0.05, 0.1) is 11.6 Å². The molecule has 106 valence electrons. The molecule has 0 atom stereocenters. The molecule has 0 aliphatic carbocycles. The van der Waals surface area contributed by atoms with Crippen LogP contribution in [0.25, 0.3) is 11.0 Å². The lowest BCUT2D eigenvalue weighted by molar-refractivity contribution is 0.0692. The number of carbonyl (C=O) groups is 1. The lowest BCUT2D eigenvalue weighted by atomic mass is 10.2. The lowest BCUT2D eigenvalue weighted by Crippen LogP contribution is -2.13. The lowest BCUT2D eigenvalue weighted by Gasteiger charge is -2.10. The van der Waals surface area contributed by atoms with Crippen LogP contribution in [0.2, 0.25) is 5.02 Å². The summed E-state index contributed by atoms with van der Waals surface area (Å²) in [5.41, 5.74) is -1.09. The topological polar surface area (TPSA) is 76.7 Å². The number of carboxylic acid groups (broad SMARTS) is 1. The standard InChI is InChI=1S/C14H13ClO5/c1-7(2)6-19-12-5-11-8(4-10(12)15)3-9(13(16)17)14(18)20-11/h3-5,7H,6H2,1-2H3,(H,16,17). The highest BCUT2D eigenvalue weighted by atomic mass is 35.5. The molecule has 0 saturated heterocycles. The van der Waals surface area contributed by atoms with Gasteiger partial charge in [-0.25, -0.2) is 9.59 Å². The zero-order valence-corrected chi connectivity index (χ0v) is 11.7. The zero-order valence-electron chi connectivity index (χ0n) is 11.0. The van der Waals surface area contributed by atoms with Crippen molar-refractivity contribution in [1.82, 2.24) is 0 Å². The first-order valence-corrected chi connectivity index (χ1v) is 6.39. The summed E-state index contributed by atoms with van der Waals surface area (Å²) in [5, 5.41) is 9.65. The largest absolute Gasteiger partial charge is 0.492 e. The van der Waals surface area contributed by atoms with Crippen LogP contribution in [0.15, 0.2) is 27.4 Å². The number of fused-ring (bicyclic) bond motifs is 1. The highest BCUT2D eigenvalue weighted by Gasteiger charge is 2.14. The first-order valence-electron chi connectivity index (χ1n) is 6.02. The molecule has 2 rings (SSSR count). The van der Waals surface area contributed by atoms with Crippen molar-refractivity contribution < 1.29 is 19.1 Å². The van der Waals surface area contributed by atoms with Crippen molar-refractivity contribution in [3.05, 3.63) is 39.2 Å². The van der Waals surface area contributed by atoms with Gasteiger partial charge in [-0.1, -0.05) is 25.4 Å². The fraction of sp³-hybridized carbons (Fsp3) is 0.286. The van der Waals surface area contributed by atoms with E-state index >= 15 is 0 Å². The van der Waals surface area contributed by atoms with Crippen molar-refractivity contribution in [3.63, 3.8) is 0 Å². The first-order chi connectivity index (χ1) is 9.38. The minimum Gasteiger partial charge on any atom is -0.492 e. The van der Waals surface area contributed by atoms with Gasteiger partial charge >= 0.3 is 11.6 Å². The summed E-state index contributed by atoms with van der Waals surface area (Å²) < 4.78 is 10.5. The molecule has 6 heteroatoms. The van der Waals surface area contributed by atoms with E-state index in [0.29, 0.717) is 28.7 Å². The summed E-state index contributed by atoms with van der Waals surface area (Å²) in [4.78, 5) is 22.4. The van der Waals surface area contributed by atoms with Gasteiger partial charge in [-0.2, -0.15) is 0 Å². The number of ether oxygens (including phenoxy) is 1. The van der Waals surface area contributed by atoms with E-state index in [1.807, 2.05) is 13.8 Å². The van der Waals surface area contributed by atoms with Crippen molar-refractivity contribution in [2.75, 3.05) is 6.61 Å². The molecule has 0 aliphatic heterocycles. The zero-order chi connectivity index (χ0) is 14.9. The molecule has 0 bridgehead atoms. The van der Waals surface area contributed by atoms with Crippen LogP contribution in [-0.4, -0.2) is 17.7 Å². The SMILES string of the molecule is CC(C)COc1cc2oc(=O)c(C(=O)O)cc2cc1Cl. The van der Waals surface area contributed by atoms with Crippen LogP contribution in [0.1, 0.15) is 24.2 Å². The minimum absolute atomic E-state index is 0.239. The van der Waals surface area contributed by atoms with Crippen LogP contribution in [0.3, 0.4) is 0 Å². The number of benzene rings is 1. The van der Waals surface area contributed by atoms with Crippen molar-refractivity contribution >= 4 is 28.5 Å². The maximum Gasteiger partial charge on any atom is 0.351 e. The van der Waals surface area contributed by atoms with Crippen LogP contribution < -0.4 is 10.4 Å². The summed E-state index contributed by atoms with van der Waals surface area (Å²) in [6.45, 7) is 4.46. The Morgan fingerprint density at radius 3 is 2.70 bits per heavy atom. The second kappa shape index (κ2) is 5.54. The number of halogens is 1. The van der Waals surface area contributed by atoms with Gasteiger partial charge in [0, 0.05) is 11.5 Å². The molecule has 0 spiro atoms. The molecule has 2 aromatic rings. The van der Waals surface area contributed by atoms with Gasteiger partial charge < -0.3 is 14.3 Å². The van der Waals surface area contributed by atoms with Crippen molar-refractivity contribution in [1.29, 1.82) is 0 Å². The molecule has 1 heterocycles. The van der Waals surface area contributed by atoms with Crippen molar-refractivity contribution in [3.8, 4) is 5.75 Å². The Morgan fingerprint density at radius 1 is 1.40 bits per heavy atom. The average Bonchev–Trinajstić information content (AvgIpc) is 2.35. The Balaban J connectivity index is 2.51. The Hall–Kier alpha value is -2.01. The molecule has 0 amide bonds. The van der Waals surface area contributed by atoms with Crippen LogP contribution in [-0.2, 0) is 0 Å². The Kier molecular flexibility index (Phi) is 3.99. The number of hydrogen-bond donors (Lipinski definition) is 1. The Morgan fingerprint density at radius 2 is 2.10 bits per heavy atom. The predicted molar refractivity (Wildman–Crippen MR) is 74.8 cm³/mol. The predicted octanol–water partition coefficient (Wildman–Crippen LogP) is 3.18. The fourth-order valence-electron chi connectivity index (χ4n) is 1.64. The molecule has 0 saturated carbocycles. The number of rotatable bonds is 4. The molecular formula is C14H13ClO5. The quantitative estimate of drug-likeness (QED) is 0.877. The van der Waals surface area contributed by atoms with E-state index in [1.54, 1.807) is 0 Å². The summed E-state index contributed by atoms with van der Waals surface area (Å²) in [7, 11) is 0. The van der Waals surface area contributed by atoms with Gasteiger partial charge in [0.25, 0.3) is 0 Å². The molecule has 20 heavy (non-hydrogen) atoms. The highest BCUT2D eigenvalue weighted by Crippen LogP contribution is 2.30. The summed E-state index contributed by atoms with van der Waals surface area (Å²) >= 11 is 6.07. The van der Waals surface area contributed by atoms with E-state index in [0.717, 1.165) is 0 Å². The molecule has 0 fully saturated rings. The van der Waals surface area contributed by atoms with E-state index in [1.165, 1.54) is 18.2 Å². The fourth-order valence-corrected chi connectivity index (χ4v) is 1.86. The van der Waals surface area contributed by atoms with E-state index in [4.69, 9.17) is 25.9 Å². The van der Waals surface area contributed by atoms with Gasteiger partial charge in [-0.15, -0.1) is 0 Å². The van der Waals surface area contributed by atoms with Gasteiger partial charge in [0.2, 0.25) is 0 Å². The smallest absolute Gasteiger partial charge is 0.351 e. The van der Waals surface area contributed by atoms with E-state index < -0.39 is 17.2 Å². The van der Waals surface area contributed by atoms with E-state index in [-0.39, 0.29) is 5.58 Å². The maximum atomic E-state index is 11.5. The molecule has 0 radical (unpaired) electrons. The summed E-state index contributed by atoms with van der Waals surface area (Å²) in [6.07, 6.45) is 0. The highest BCUT2D eigenvalue weighted by molar-refractivity contribution is 6.32. The monoisotopic (exact) mass is 296 g/mol.